The van der Waals surface area contributed by atoms with Crippen molar-refractivity contribution in [1.82, 2.24) is 0 Å². The van der Waals surface area contributed by atoms with Crippen molar-refractivity contribution in [2.75, 3.05) is 14.2 Å². The van der Waals surface area contributed by atoms with E-state index in [9.17, 15) is 18.0 Å². The average molecular weight is 597 g/mol. The summed E-state index contributed by atoms with van der Waals surface area (Å²) in [5, 5.41) is 0. The van der Waals surface area contributed by atoms with E-state index in [0.29, 0.717) is 16.0 Å². The molecule has 4 aromatic carbocycles. The summed E-state index contributed by atoms with van der Waals surface area (Å²) in [5.41, 5.74) is 0.361. The van der Waals surface area contributed by atoms with Crippen molar-refractivity contribution >= 4 is 37.7 Å². The number of carbonyl (C=O) groups excluding carboxylic acids is 2. The van der Waals surface area contributed by atoms with Crippen LogP contribution in [0.2, 0.25) is 0 Å². The SMILES string of the molecule is COc1cccc(C(=O)Oc2ccc(OC(=O)c3cccc(OC)c3)c(S(=O)(=O)c3ccc(Br)cc3)c2)c1. The second kappa shape index (κ2) is 11.5. The van der Waals surface area contributed by atoms with E-state index in [1.807, 2.05) is 0 Å². The molecule has 0 heterocycles. The van der Waals surface area contributed by atoms with E-state index in [4.69, 9.17) is 18.9 Å². The van der Waals surface area contributed by atoms with Crippen molar-refractivity contribution in [2.45, 2.75) is 9.79 Å². The van der Waals surface area contributed by atoms with Crippen LogP contribution in [0.4, 0.5) is 0 Å². The van der Waals surface area contributed by atoms with Crippen molar-refractivity contribution < 1.29 is 37.0 Å². The second-order valence-corrected chi connectivity index (χ2v) is 10.6. The van der Waals surface area contributed by atoms with E-state index in [-0.39, 0.29) is 32.4 Å². The lowest BCUT2D eigenvalue weighted by molar-refractivity contribution is 0.0715. The minimum Gasteiger partial charge on any atom is -0.497 e. The van der Waals surface area contributed by atoms with Crippen LogP contribution in [0.5, 0.6) is 23.0 Å². The first kappa shape index (κ1) is 26.9. The molecule has 4 rings (SSSR count). The van der Waals surface area contributed by atoms with Gasteiger partial charge in [-0.05, 0) is 72.8 Å². The van der Waals surface area contributed by atoms with Crippen molar-refractivity contribution in [1.29, 1.82) is 0 Å². The molecule has 0 bridgehead atoms. The Hall–Kier alpha value is -4.15. The molecule has 10 heteroatoms. The zero-order valence-electron chi connectivity index (χ0n) is 20.2. The van der Waals surface area contributed by atoms with Gasteiger partial charge in [0, 0.05) is 10.5 Å². The van der Waals surface area contributed by atoms with Crippen molar-refractivity contribution in [3.8, 4) is 23.0 Å². The van der Waals surface area contributed by atoms with Crippen molar-refractivity contribution in [2.24, 2.45) is 0 Å². The molecular weight excluding hydrogens is 576 g/mol. The normalized spacial score (nSPS) is 10.9. The number of ether oxygens (including phenoxy) is 4. The highest BCUT2D eigenvalue weighted by Gasteiger charge is 2.26. The zero-order chi connectivity index (χ0) is 27.3. The summed E-state index contributed by atoms with van der Waals surface area (Å²) in [6.45, 7) is 0. The van der Waals surface area contributed by atoms with E-state index >= 15 is 0 Å². The molecule has 0 unspecified atom stereocenters. The number of carbonyl (C=O) groups is 2. The van der Waals surface area contributed by atoms with Gasteiger partial charge in [0.2, 0.25) is 9.84 Å². The Morgan fingerprint density at radius 3 is 1.76 bits per heavy atom. The van der Waals surface area contributed by atoms with Crippen molar-refractivity contribution in [3.05, 3.63) is 107 Å². The maximum Gasteiger partial charge on any atom is 0.343 e. The number of hydrogen-bond donors (Lipinski definition) is 0. The second-order valence-electron chi connectivity index (χ2n) is 7.81. The smallest absolute Gasteiger partial charge is 0.343 e. The summed E-state index contributed by atoms with van der Waals surface area (Å²) in [5.74, 6) is -0.925. The monoisotopic (exact) mass is 596 g/mol. The summed E-state index contributed by atoms with van der Waals surface area (Å²) in [6.07, 6.45) is 0. The Kier molecular flexibility index (Phi) is 8.13. The third-order valence-corrected chi connectivity index (χ3v) is 7.67. The van der Waals surface area contributed by atoms with Crippen LogP contribution in [-0.4, -0.2) is 34.6 Å². The van der Waals surface area contributed by atoms with Gasteiger partial charge in [-0.2, -0.15) is 0 Å². The van der Waals surface area contributed by atoms with Gasteiger partial charge in [0.1, 0.15) is 22.1 Å². The number of rotatable bonds is 8. The van der Waals surface area contributed by atoms with Crippen LogP contribution in [0.25, 0.3) is 0 Å². The molecule has 0 saturated carbocycles. The molecule has 0 saturated heterocycles. The fourth-order valence-electron chi connectivity index (χ4n) is 3.41. The lowest BCUT2D eigenvalue weighted by Crippen LogP contribution is -2.13. The fraction of sp³-hybridized carbons (Fsp3) is 0.0714. The minimum absolute atomic E-state index is 0.0457. The Labute approximate surface area is 227 Å². The lowest BCUT2D eigenvalue weighted by Gasteiger charge is -2.14. The molecule has 0 atom stereocenters. The van der Waals surface area contributed by atoms with Crippen LogP contribution in [-0.2, 0) is 9.84 Å². The van der Waals surface area contributed by atoms with Gasteiger partial charge in [-0.25, -0.2) is 18.0 Å². The van der Waals surface area contributed by atoms with E-state index in [1.165, 1.54) is 62.8 Å². The van der Waals surface area contributed by atoms with Gasteiger partial charge in [0.25, 0.3) is 0 Å². The summed E-state index contributed by atoms with van der Waals surface area (Å²) in [4.78, 5) is 25.2. The highest BCUT2D eigenvalue weighted by molar-refractivity contribution is 9.10. The van der Waals surface area contributed by atoms with E-state index in [0.717, 1.165) is 6.07 Å². The van der Waals surface area contributed by atoms with Crippen LogP contribution >= 0.6 is 15.9 Å². The standard InChI is InChI=1S/C28H21BrO8S/c1-34-21-7-3-5-18(15-21)27(30)36-23-11-14-25(37-28(31)19-6-4-8-22(16-19)35-2)26(17-23)38(32,33)24-12-9-20(29)10-13-24/h3-17H,1-2H3. The molecule has 0 aromatic heterocycles. The maximum atomic E-state index is 13.6. The number of benzene rings is 4. The predicted octanol–water partition coefficient (Wildman–Crippen LogP) is 5.74. The fourth-order valence-corrected chi connectivity index (χ4v) is 5.07. The van der Waals surface area contributed by atoms with Crippen LogP contribution in [0, 0.1) is 0 Å². The van der Waals surface area contributed by atoms with Gasteiger partial charge in [0.05, 0.1) is 30.2 Å². The molecule has 0 fully saturated rings. The van der Waals surface area contributed by atoms with Gasteiger partial charge in [-0.1, -0.05) is 28.1 Å². The van der Waals surface area contributed by atoms with E-state index < -0.39 is 21.8 Å². The quantitative estimate of drug-likeness (QED) is 0.187. The van der Waals surface area contributed by atoms with Gasteiger partial charge in [0.15, 0.2) is 5.75 Å². The van der Waals surface area contributed by atoms with Crippen LogP contribution in [0.3, 0.4) is 0 Å². The topological polar surface area (TPSA) is 105 Å². The Balaban J connectivity index is 1.73. The van der Waals surface area contributed by atoms with Crippen molar-refractivity contribution in [3.63, 3.8) is 0 Å². The summed E-state index contributed by atoms with van der Waals surface area (Å²) in [6, 6.07) is 22.3. The summed E-state index contributed by atoms with van der Waals surface area (Å²) >= 11 is 3.28. The minimum atomic E-state index is -4.19. The molecule has 0 aliphatic heterocycles. The Morgan fingerprint density at radius 1 is 0.658 bits per heavy atom. The first-order valence-electron chi connectivity index (χ1n) is 11.1. The van der Waals surface area contributed by atoms with Gasteiger partial charge >= 0.3 is 11.9 Å². The molecular formula is C28H21BrO8S. The summed E-state index contributed by atoms with van der Waals surface area (Å²) in [7, 11) is -1.27. The summed E-state index contributed by atoms with van der Waals surface area (Å²) < 4.78 is 49.1. The molecule has 0 amide bonds. The molecule has 194 valence electrons. The molecule has 0 spiro atoms. The molecule has 0 aliphatic carbocycles. The van der Waals surface area contributed by atoms with Crippen LogP contribution in [0.15, 0.2) is 105 Å². The molecule has 4 aromatic rings. The van der Waals surface area contributed by atoms with E-state index in [2.05, 4.69) is 15.9 Å². The lowest BCUT2D eigenvalue weighted by atomic mass is 10.2. The number of esters is 2. The first-order valence-corrected chi connectivity index (χ1v) is 13.4. The Morgan fingerprint density at radius 2 is 1.21 bits per heavy atom. The van der Waals surface area contributed by atoms with Crippen LogP contribution < -0.4 is 18.9 Å². The highest BCUT2D eigenvalue weighted by atomic mass is 79.9. The van der Waals surface area contributed by atoms with E-state index in [1.54, 1.807) is 36.4 Å². The third-order valence-electron chi connectivity index (χ3n) is 5.35. The number of halogens is 1. The zero-order valence-corrected chi connectivity index (χ0v) is 22.6. The largest absolute Gasteiger partial charge is 0.497 e. The number of sulfone groups is 1. The molecule has 8 nitrogen and oxygen atoms in total. The van der Waals surface area contributed by atoms with Gasteiger partial charge in [-0.3, -0.25) is 0 Å². The first-order chi connectivity index (χ1) is 18.2. The predicted molar refractivity (Wildman–Crippen MR) is 142 cm³/mol. The van der Waals surface area contributed by atoms with Gasteiger partial charge < -0.3 is 18.9 Å². The maximum absolute atomic E-state index is 13.6. The molecule has 38 heavy (non-hydrogen) atoms. The Bertz CT molecular complexity index is 1600. The van der Waals surface area contributed by atoms with Gasteiger partial charge in [-0.15, -0.1) is 0 Å². The highest BCUT2D eigenvalue weighted by Crippen LogP contribution is 2.34. The molecule has 0 aliphatic rings. The molecule has 0 N–H and O–H groups in total. The van der Waals surface area contributed by atoms with Crippen LogP contribution in [0.1, 0.15) is 20.7 Å². The molecule has 0 radical (unpaired) electrons. The average Bonchev–Trinajstić information content (AvgIpc) is 2.94. The third kappa shape index (κ3) is 6.04. The number of methoxy groups -OCH3 is 2. The number of hydrogen-bond acceptors (Lipinski definition) is 8.